The van der Waals surface area contributed by atoms with Crippen LogP contribution in [-0.4, -0.2) is 46.1 Å². The molecule has 0 N–H and O–H groups in total. The van der Waals surface area contributed by atoms with Crippen molar-refractivity contribution in [2.75, 3.05) is 25.7 Å². The van der Waals surface area contributed by atoms with Gasteiger partial charge in [0.05, 0.1) is 50.8 Å². The van der Waals surface area contributed by atoms with Crippen molar-refractivity contribution >= 4 is 87.3 Å². The van der Waals surface area contributed by atoms with E-state index in [1.165, 1.54) is 57.2 Å². The van der Waals surface area contributed by atoms with Gasteiger partial charge < -0.3 is 18.3 Å². The van der Waals surface area contributed by atoms with Gasteiger partial charge in [-0.3, -0.25) is 9.59 Å². The number of hydrogen-bond acceptors (Lipinski definition) is 11. The average molecular weight is 718 g/mol. The zero-order valence-electron chi connectivity index (χ0n) is 21.5. The van der Waals surface area contributed by atoms with E-state index in [0.29, 0.717) is 30.6 Å². The predicted molar refractivity (Wildman–Crippen MR) is 157 cm³/mol. The van der Waals surface area contributed by atoms with Crippen LogP contribution in [0, 0.1) is 0 Å². The molecular weight excluding hydrogens is 696 g/mol. The standard InChI is InChI=1S/C13H11BrO6S.C13H11BrO4S/c1-3-21(17,18)11-6-10(15)8-4-7(13(16)19-2)5-9(14)12(8)20-11;1-3-19-11-6-10(15)8-4-7(13(16)17-2)5-9(14)12(8)18-11/h4-6H,3H2,1-2H3;4-6H,3H2,1-2H3. The molecule has 0 aliphatic carbocycles. The Kier molecular flexibility index (Phi) is 10.4. The number of fused-ring (bicyclic) bond motifs is 2. The Morgan fingerprint density at radius 2 is 1.27 bits per heavy atom. The summed E-state index contributed by atoms with van der Waals surface area (Å²) in [5.41, 5.74) is 0.261. The molecule has 0 bridgehead atoms. The summed E-state index contributed by atoms with van der Waals surface area (Å²) in [4.78, 5) is 47.2. The molecule has 0 atom stereocenters. The van der Waals surface area contributed by atoms with Gasteiger partial charge in [-0.2, -0.15) is 0 Å². The number of rotatable bonds is 6. The van der Waals surface area contributed by atoms with E-state index >= 15 is 0 Å². The number of carbonyl (C=O) groups excluding carboxylic acids is 2. The van der Waals surface area contributed by atoms with Crippen molar-refractivity contribution in [2.24, 2.45) is 0 Å². The molecule has 2 aromatic heterocycles. The molecule has 0 fully saturated rings. The Bertz CT molecular complexity index is 1840. The molecule has 0 saturated carbocycles. The number of sulfone groups is 1. The molecule has 0 spiro atoms. The van der Waals surface area contributed by atoms with E-state index in [-0.39, 0.29) is 27.7 Å². The molecule has 0 amide bonds. The second kappa shape index (κ2) is 13.1. The van der Waals surface area contributed by atoms with E-state index in [2.05, 4.69) is 41.3 Å². The number of esters is 2. The Labute approximate surface area is 249 Å². The van der Waals surface area contributed by atoms with Gasteiger partial charge >= 0.3 is 11.9 Å². The average Bonchev–Trinajstić information content (AvgIpc) is 2.93. The van der Waals surface area contributed by atoms with Crippen molar-refractivity contribution in [3.8, 4) is 0 Å². The first-order valence-electron chi connectivity index (χ1n) is 11.4. The number of ether oxygens (including phenoxy) is 2. The van der Waals surface area contributed by atoms with Gasteiger partial charge in [-0.1, -0.05) is 25.6 Å². The largest absolute Gasteiger partial charge is 0.465 e. The number of methoxy groups -OCH3 is 2. The Morgan fingerprint density at radius 3 is 1.73 bits per heavy atom. The second-order valence-corrected chi connectivity index (χ2v) is 13.0. The fourth-order valence-electron chi connectivity index (χ4n) is 3.37. The highest BCUT2D eigenvalue weighted by atomic mass is 79.9. The van der Waals surface area contributed by atoms with Crippen LogP contribution in [0.1, 0.15) is 34.6 Å². The Morgan fingerprint density at radius 1 is 0.800 bits per heavy atom. The SMILES string of the molecule is CCS(=O)(=O)c1cc(=O)c2cc(C(=O)OC)cc(Br)c2o1.CCSc1cc(=O)c2cc(C(=O)OC)cc(Br)c2o1. The molecule has 4 rings (SSSR count). The molecule has 14 heteroatoms. The van der Waals surface area contributed by atoms with Crippen molar-refractivity contribution in [3.63, 3.8) is 0 Å². The van der Waals surface area contributed by atoms with Gasteiger partial charge in [-0.15, -0.1) is 0 Å². The zero-order chi connectivity index (χ0) is 29.8. The number of benzene rings is 2. The molecule has 2 aromatic carbocycles. The molecule has 2 heterocycles. The van der Waals surface area contributed by atoms with Crippen molar-refractivity contribution < 1.29 is 36.3 Å². The first-order valence-corrected chi connectivity index (χ1v) is 15.7. The van der Waals surface area contributed by atoms with Crippen molar-refractivity contribution in [1.29, 1.82) is 0 Å². The molecular formula is C26H22Br2O10S2. The minimum atomic E-state index is -3.64. The third-order valence-electron chi connectivity index (χ3n) is 5.34. The van der Waals surface area contributed by atoms with E-state index in [0.717, 1.165) is 11.8 Å². The van der Waals surface area contributed by atoms with E-state index in [1.54, 1.807) is 6.07 Å². The molecule has 212 valence electrons. The lowest BCUT2D eigenvalue weighted by atomic mass is 10.1. The van der Waals surface area contributed by atoms with Crippen LogP contribution in [0.4, 0.5) is 0 Å². The van der Waals surface area contributed by atoms with Gasteiger partial charge in [-0.05, 0) is 61.9 Å². The van der Waals surface area contributed by atoms with Crippen LogP contribution >= 0.6 is 43.6 Å². The zero-order valence-corrected chi connectivity index (χ0v) is 26.3. The van der Waals surface area contributed by atoms with E-state index in [4.69, 9.17) is 8.83 Å². The van der Waals surface area contributed by atoms with Gasteiger partial charge in [0.15, 0.2) is 27.1 Å². The van der Waals surface area contributed by atoms with Crippen molar-refractivity contribution in [1.82, 2.24) is 0 Å². The smallest absolute Gasteiger partial charge is 0.337 e. The lowest BCUT2D eigenvalue weighted by Gasteiger charge is -2.06. The number of thioether (sulfide) groups is 1. The highest BCUT2D eigenvalue weighted by Gasteiger charge is 2.20. The fourth-order valence-corrected chi connectivity index (χ4v) is 5.85. The maximum atomic E-state index is 12.1. The molecule has 40 heavy (non-hydrogen) atoms. The summed E-state index contributed by atoms with van der Waals surface area (Å²) in [6.07, 6.45) is 0. The van der Waals surface area contributed by atoms with Crippen LogP contribution < -0.4 is 10.9 Å². The third kappa shape index (κ3) is 6.85. The lowest BCUT2D eigenvalue weighted by Crippen LogP contribution is -2.10. The van der Waals surface area contributed by atoms with Crippen LogP contribution in [-0.2, 0) is 19.3 Å². The lowest BCUT2D eigenvalue weighted by molar-refractivity contribution is 0.0592. The van der Waals surface area contributed by atoms with Gasteiger partial charge in [0, 0.05) is 12.1 Å². The highest BCUT2D eigenvalue weighted by Crippen LogP contribution is 2.29. The summed E-state index contributed by atoms with van der Waals surface area (Å²) in [5.74, 6) is -0.470. The van der Waals surface area contributed by atoms with Crippen LogP contribution in [0.2, 0.25) is 0 Å². The fraction of sp³-hybridized carbons (Fsp3) is 0.231. The van der Waals surface area contributed by atoms with Crippen LogP contribution in [0.15, 0.2) is 74.0 Å². The molecule has 10 nitrogen and oxygen atoms in total. The minimum Gasteiger partial charge on any atom is -0.465 e. The van der Waals surface area contributed by atoms with Gasteiger partial charge in [0.2, 0.25) is 14.9 Å². The topological polar surface area (TPSA) is 147 Å². The molecule has 0 aliphatic heterocycles. The summed E-state index contributed by atoms with van der Waals surface area (Å²) < 4.78 is 44.7. The van der Waals surface area contributed by atoms with Crippen molar-refractivity contribution in [3.05, 3.63) is 76.9 Å². The van der Waals surface area contributed by atoms with Crippen LogP contribution in [0.3, 0.4) is 0 Å². The first-order chi connectivity index (χ1) is 18.9. The Hall–Kier alpha value is -2.94. The van der Waals surface area contributed by atoms with E-state index in [9.17, 15) is 27.6 Å². The summed E-state index contributed by atoms with van der Waals surface area (Å²) in [5, 5.41) is 0.621. The van der Waals surface area contributed by atoms with Crippen molar-refractivity contribution in [2.45, 2.75) is 24.0 Å². The molecule has 0 saturated heterocycles. The van der Waals surface area contributed by atoms with Crippen LogP contribution in [0.5, 0.6) is 0 Å². The normalized spacial score (nSPS) is 11.2. The minimum absolute atomic E-state index is 0.0715. The monoisotopic (exact) mass is 716 g/mol. The number of hydrogen-bond donors (Lipinski definition) is 0. The van der Waals surface area contributed by atoms with E-state index in [1.807, 2.05) is 6.92 Å². The summed E-state index contributed by atoms with van der Waals surface area (Å²) >= 11 is 7.93. The highest BCUT2D eigenvalue weighted by molar-refractivity contribution is 9.11. The van der Waals surface area contributed by atoms with Gasteiger partial charge in [-0.25, -0.2) is 18.0 Å². The van der Waals surface area contributed by atoms with Crippen LogP contribution in [0.25, 0.3) is 21.9 Å². The van der Waals surface area contributed by atoms with E-state index < -0.39 is 32.3 Å². The molecule has 0 unspecified atom stereocenters. The second-order valence-electron chi connectivity index (χ2n) is 7.85. The van der Waals surface area contributed by atoms with Gasteiger partial charge in [0.1, 0.15) is 0 Å². The summed E-state index contributed by atoms with van der Waals surface area (Å²) in [6, 6.07) is 8.12. The summed E-state index contributed by atoms with van der Waals surface area (Å²) in [7, 11) is -1.12. The Balaban J connectivity index is 0.000000222. The molecule has 0 aliphatic rings. The predicted octanol–water partition coefficient (Wildman–Crippen LogP) is 5.59. The number of halogens is 2. The summed E-state index contributed by atoms with van der Waals surface area (Å²) in [6.45, 7) is 3.43. The van der Waals surface area contributed by atoms with Gasteiger partial charge in [0.25, 0.3) is 0 Å². The maximum absolute atomic E-state index is 12.1. The third-order valence-corrected chi connectivity index (χ3v) is 8.86. The number of carbonyl (C=O) groups is 2. The first kappa shape index (κ1) is 31.6. The maximum Gasteiger partial charge on any atom is 0.337 e. The molecule has 0 radical (unpaired) electrons. The quantitative estimate of drug-likeness (QED) is 0.182. The molecule has 4 aromatic rings.